The molecule has 2 bridgehead atoms. The van der Waals surface area contributed by atoms with Crippen molar-refractivity contribution in [2.24, 2.45) is 5.41 Å². The Bertz CT molecular complexity index is 138. The van der Waals surface area contributed by atoms with Crippen molar-refractivity contribution in [3.05, 3.63) is 0 Å². The molecule has 1 heteroatoms. The third-order valence-electron chi connectivity index (χ3n) is 4.30. The quantitative estimate of drug-likeness (QED) is 0.507. The Morgan fingerprint density at radius 1 is 1.09 bits per heavy atom. The zero-order valence-corrected chi connectivity index (χ0v) is 7.90. The maximum absolute atomic E-state index is 2.43. The third kappa shape index (κ3) is 1.10. The van der Waals surface area contributed by atoms with Gasteiger partial charge >= 0.3 is 0 Å². The third-order valence-corrected chi connectivity index (χ3v) is 4.30. The molecule has 0 N–H and O–H groups in total. The van der Waals surface area contributed by atoms with E-state index in [1.54, 1.807) is 0 Å². The van der Waals surface area contributed by atoms with E-state index in [1.165, 1.54) is 49.8 Å². The number of hydrogen-bond acceptors (Lipinski definition) is 0. The van der Waals surface area contributed by atoms with Gasteiger partial charge in [0.1, 0.15) is 0 Å². The van der Waals surface area contributed by atoms with Gasteiger partial charge in [0.2, 0.25) is 0 Å². The fourth-order valence-corrected chi connectivity index (χ4v) is 2.76. The summed E-state index contributed by atoms with van der Waals surface area (Å²) in [6.45, 7) is 6.73. The summed E-state index contributed by atoms with van der Waals surface area (Å²) < 4.78 is 1.38. The fraction of sp³-hybridized carbons (Fsp3) is 1.00. The summed E-state index contributed by atoms with van der Waals surface area (Å²) in [5.41, 5.74) is 0.788. The first-order valence-corrected chi connectivity index (χ1v) is 5.02. The summed E-state index contributed by atoms with van der Waals surface area (Å²) >= 11 is 0. The summed E-state index contributed by atoms with van der Waals surface area (Å²) in [7, 11) is 2.43. The molecule has 0 aromatic heterocycles. The highest BCUT2D eigenvalue weighted by Gasteiger charge is 2.45. The second kappa shape index (κ2) is 2.22. The standard InChI is InChI=1S/C10H20N/c1-3-10-4-7-11(2,8-5-10)9-6-10/h3-9H2,1-2H3/q+1. The molecule has 3 aliphatic rings. The lowest BCUT2D eigenvalue weighted by Crippen LogP contribution is -2.59. The molecule has 0 spiro atoms. The minimum atomic E-state index is 0.788. The van der Waals surface area contributed by atoms with Crippen molar-refractivity contribution in [1.82, 2.24) is 0 Å². The molecule has 3 heterocycles. The molecule has 3 saturated heterocycles. The zero-order chi connectivity index (χ0) is 7.95. The van der Waals surface area contributed by atoms with Gasteiger partial charge in [-0.1, -0.05) is 6.92 Å². The first kappa shape index (κ1) is 7.60. The molecule has 11 heavy (non-hydrogen) atoms. The molecule has 0 aromatic carbocycles. The van der Waals surface area contributed by atoms with Crippen molar-refractivity contribution in [3.8, 4) is 0 Å². The van der Waals surface area contributed by atoms with Gasteiger partial charge in [-0.05, 0) is 11.8 Å². The number of piperidine rings is 3. The van der Waals surface area contributed by atoms with E-state index >= 15 is 0 Å². The fourth-order valence-electron chi connectivity index (χ4n) is 2.76. The summed E-state index contributed by atoms with van der Waals surface area (Å²) in [5, 5.41) is 0. The molecule has 0 saturated carbocycles. The monoisotopic (exact) mass is 154 g/mol. The molecule has 3 aliphatic heterocycles. The van der Waals surface area contributed by atoms with Gasteiger partial charge in [0, 0.05) is 19.3 Å². The molecule has 3 fully saturated rings. The summed E-state index contributed by atoms with van der Waals surface area (Å²) in [6, 6.07) is 0. The predicted molar refractivity (Wildman–Crippen MR) is 47.4 cm³/mol. The molecular formula is C10H20N+. The Morgan fingerprint density at radius 2 is 1.55 bits per heavy atom. The molecule has 0 atom stereocenters. The van der Waals surface area contributed by atoms with Crippen molar-refractivity contribution in [2.75, 3.05) is 26.7 Å². The lowest BCUT2D eigenvalue weighted by molar-refractivity contribution is -0.927. The predicted octanol–water partition coefficient (Wildman–Crippen LogP) is 2.03. The second-order valence-electron chi connectivity index (χ2n) is 4.89. The van der Waals surface area contributed by atoms with E-state index in [2.05, 4.69) is 14.0 Å². The van der Waals surface area contributed by atoms with Crippen molar-refractivity contribution in [1.29, 1.82) is 0 Å². The van der Waals surface area contributed by atoms with Crippen molar-refractivity contribution in [3.63, 3.8) is 0 Å². The largest absolute Gasteiger partial charge is 0.326 e. The van der Waals surface area contributed by atoms with Gasteiger partial charge < -0.3 is 4.48 Å². The Labute approximate surface area is 70.0 Å². The molecule has 1 nitrogen and oxygen atoms in total. The summed E-state index contributed by atoms with van der Waals surface area (Å²) in [5.74, 6) is 0. The van der Waals surface area contributed by atoms with E-state index in [0.29, 0.717) is 0 Å². The maximum atomic E-state index is 2.43. The van der Waals surface area contributed by atoms with Gasteiger partial charge in [0.25, 0.3) is 0 Å². The van der Waals surface area contributed by atoms with Crippen LogP contribution in [0, 0.1) is 5.41 Å². The van der Waals surface area contributed by atoms with E-state index in [9.17, 15) is 0 Å². The van der Waals surface area contributed by atoms with Gasteiger partial charge in [-0.25, -0.2) is 0 Å². The van der Waals surface area contributed by atoms with Gasteiger partial charge in [-0.2, -0.15) is 0 Å². The smallest absolute Gasteiger partial charge is 0.0790 e. The molecule has 0 unspecified atom stereocenters. The van der Waals surface area contributed by atoms with Crippen LogP contribution in [0.5, 0.6) is 0 Å². The first-order valence-electron chi connectivity index (χ1n) is 5.02. The zero-order valence-electron chi connectivity index (χ0n) is 7.90. The van der Waals surface area contributed by atoms with Gasteiger partial charge in [-0.15, -0.1) is 0 Å². The van der Waals surface area contributed by atoms with Crippen molar-refractivity contribution < 1.29 is 4.48 Å². The number of nitrogens with zero attached hydrogens (tertiary/aromatic N) is 1. The van der Waals surface area contributed by atoms with Gasteiger partial charge in [0.15, 0.2) is 0 Å². The number of fused-ring (bicyclic) bond motifs is 3. The van der Waals surface area contributed by atoms with Gasteiger partial charge in [-0.3, -0.25) is 0 Å². The number of rotatable bonds is 1. The van der Waals surface area contributed by atoms with Crippen LogP contribution in [-0.2, 0) is 0 Å². The summed E-state index contributed by atoms with van der Waals surface area (Å²) in [4.78, 5) is 0. The highest BCUT2D eigenvalue weighted by atomic mass is 15.3. The van der Waals surface area contributed by atoms with Crippen LogP contribution in [-0.4, -0.2) is 31.2 Å². The molecule has 0 aromatic rings. The van der Waals surface area contributed by atoms with Crippen LogP contribution in [0.3, 0.4) is 0 Å². The second-order valence-corrected chi connectivity index (χ2v) is 4.89. The average molecular weight is 154 g/mol. The number of hydrogen-bond donors (Lipinski definition) is 0. The number of quaternary nitrogens is 1. The van der Waals surface area contributed by atoms with Crippen LogP contribution in [0.15, 0.2) is 0 Å². The topological polar surface area (TPSA) is 0 Å². The highest BCUT2D eigenvalue weighted by molar-refractivity contribution is 4.84. The average Bonchev–Trinajstić information content (AvgIpc) is 2.07. The molecular weight excluding hydrogens is 134 g/mol. The first-order chi connectivity index (χ1) is 5.18. The van der Waals surface area contributed by atoms with E-state index in [1.807, 2.05) is 0 Å². The minimum Gasteiger partial charge on any atom is -0.326 e. The molecule has 64 valence electrons. The minimum absolute atomic E-state index is 0.788. The Balaban J connectivity index is 2.12. The van der Waals surface area contributed by atoms with E-state index in [4.69, 9.17) is 0 Å². The Morgan fingerprint density at radius 3 is 1.91 bits per heavy atom. The molecule has 0 radical (unpaired) electrons. The lowest BCUT2D eigenvalue weighted by Gasteiger charge is -2.52. The normalized spacial score (nSPS) is 49.6. The van der Waals surface area contributed by atoms with Crippen molar-refractivity contribution in [2.45, 2.75) is 32.6 Å². The Hall–Kier alpha value is -0.0400. The van der Waals surface area contributed by atoms with Crippen LogP contribution in [0.1, 0.15) is 32.6 Å². The lowest BCUT2D eigenvalue weighted by atomic mass is 9.69. The molecule has 0 aliphatic carbocycles. The van der Waals surface area contributed by atoms with E-state index in [0.717, 1.165) is 5.41 Å². The molecule has 0 amide bonds. The maximum Gasteiger partial charge on any atom is 0.0790 e. The van der Waals surface area contributed by atoms with E-state index in [-0.39, 0.29) is 0 Å². The van der Waals surface area contributed by atoms with Crippen LogP contribution in [0.4, 0.5) is 0 Å². The summed E-state index contributed by atoms with van der Waals surface area (Å²) in [6.07, 6.45) is 5.92. The van der Waals surface area contributed by atoms with E-state index < -0.39 is 0 Å². The van der Waals surface area contributed by atoms with Crippen molar-refractivity contribution >= 4 is 0 Å². The van der Waals surface area contributed by atoms with Crippen LogP contribution < -0.4 is 0 Å². The highest BCUT2D eigenvalue weighted by Crippen LogP contribution is 2.45. The van der Waals surface area contributed by atoms with Gasteiger partial charge in [0.05, 0.1) is 26.7 Å². The van der Waals surface area contributed by atoms with Crippen LogP contribution in [0.25, 0.3) is 0 Å². The van der Waals surface area contributed by atoms with Crippen LogP contribution >= 0.6 is 0 Å². The molecule has 3 rings (SSSR count). The SMILES string of the molecule is CCC12CC[N+](C)(CC1)CC2. The van der Waals surface area contributed by atoms with Crippen LogP contribution in [0.2, 0.25) is 0 Å². The Kier molecular flexibility index (Phi) is 1.54.